The molecule has 0 amide bonds. The van der Waals surface area contributed by atoms with Gasteiger partial charge in [0.1, 0.15) is 5.78 Å². The summed E-state index contributed by atoms with van der Waals surface area (Å²) in [6, 6.07) is 6.27. The predicted octanol–water partition coefficient (Wildman–Crippen LogP) is 3.94. The molecule has 0 bridgehead atoms. The van der Waals surface area contributed by atoms with Crippen molar-refractivity contribution in [3.05, 3.63) is 28.2 Å². The maximum atomic E-state index is 11.4. The molecule has 0 saturated heterocycles. The van der Waals surface area contributed by atoms with E-state index >= 15 is 0 Å². The van der Waals surface area contributed by atoms with Crippen molar-refractivity contribution in [1.29, 1.82) is 0 Å². The summed E-state index contributed by atoms with van der Waals surface area (Å²) in [7, 11) is 0. The fourth-order valence-corrected chi connectivity index (χ4v) is 3.42. The zero-order chi connectivity index (χ0) is 12.0. The molecule has 1 heterocycles. The number of benzene rings is 1. The van der Waals surface area contributed by atoms with Crippen LogP contribution in [0, 0.1) is 0 Å². The molecule has 0 N–H and O–H groups in total. The number of aliphatic imine (C=N–C) groups is 1. The maximum absolute atomic E-state index is 11.4. The van der Waals surface area contributed by atoms with Crippen LogP contribution in [-0.2, 0) is 10.2 Å². The van der Waals surface area contributed by atoms with Gasteiger partial charge in [-0.2, -0.15) is 0 Å². The van der Waals surface area contributed by atoms with Crippen LogP contribution in [0.4, 0.5) is 5.69 Å². The molecule has 88 valence electrons. The minimum Gasteiger partial charge on any atom is -0.300 e. The van der Waals surface area contributed by atoms with E-state index in [1.54, 1.807) is 0 Å². The fraction of sp³-hybridized carbons (Fsp3) is 0.429. The van der Waals surface area contributed by atoms with Gasteiger partial charge in [-0.3, -0.25) is 9.79 Å². The molecular formula is C14H14BrNO. The molecule has 17 heavy (non-hydrogen) atoms. The molecule has 3 rings (SSSR count). The van der Waals surface area contributed by atoms with Crippen LogP contribution in [0.15, 0.2) is 27.7 Å². The average Bonchev–Trinajstić information content (AvgIpc) is 2.57. The van der Waals surface area contributed by atoms with Crippen LogP contribution < -0.4 is 0 Å². The summed E-state index contributed by atoms with van der Waals surface area (Å²) in [6.07, 6.45) is 3.23. The van der Waals surface area contributed by atoms with Crippen LogP contribution >= 0.6 is 15.9 Å². The van der Waals surface area contributed by atoms with Crippen molar-refractivity contribution >= 4 is 33.1 Å². The third kappa shape index (κ3) is 1.60. The summed E-state index contributed by atoms with van der Waals surface area (Å²) in [4.78, 5) is 16.1. The summed E-state index contributed by atoms with van der Waals surface area (Å²) in [5, 5.41) is 0. The van der Waals surface area contributed by atoms with Crippen LogP contribution in [0.25, 0.3) is 0 Å². The quantitative estimate of drug-likeness (QED) is 0.712. The highest BCUT2D eigenvalue weighted by Crippen LogP contribution is 2.48. The zero-order valence-corrected chi connectivity index (χ0v) is 11.4. The van der Waals surface area contributed by atoms with Crippen molar-refractivity contribution in [2.45, 2.75) is 38.0 Å². The molecule has 0 radical (unpaired) electrons. The van der Waals surface area contributed by atoms with Gasteiger partial charge in [0.15, 0.2) is 0 Å². The SMILES string of the molecule is CC1=Nc2ccc(Br)cc2C12CCC(=O)CC2. The second kappa shape index (κ2) is 3.77. The smallest absolute Gasteiger partial charge is 0.133 e. The Bertz CT molecular complexity index is 523. The van der Waals surface area contributed by atoms with Gasteiger partial charge in [-0.25, -0.2) is 0 Å². The van der Waals surface area contributed by atoms with Gasteiger partial charge >= 0.3 is 0 Å². The Morgan fingerprint density at radius 1 is 1.29 bits per heavy atom. The molecular weight excluding hydrogens is 278 g/mol. The minimum atomic E-state index is 0.0347. The van der Waals surface area contributed by atoms with E-state index in [9.17, 15) is 4.79 Å². The molecule has 1 aromatic rings. The number of hydrogen-bond donors (Lipinski definition) is 0. The van der Waals surface area contributed by atoms with Gasteiger partial charge in [0, 0.05) is 28.4 Å². The fourth-order valence-electron chi connectivity index (χ4n) is 3.06. The van der Waals surface area contributed by atoms with Crippen molar-refractivity contribution in [3.8, 4) is 0 Å². The Labute approximate surface area is 109 Å². The van der Waals surface area contributed by atoms with Gasteiger partial charge < -0.3 is 0 Å². The Morgan fingerprint density at radius 2 is 2.00 bits per heavy atom. The third-order valence-corrected chi connectivity index (χ3v) is 4.61. The number of rotatable bonds is 0. The van der Waals surface area contributed by atoms with Gasteiger partial charge in [0.05, 0.1) is 5.69 Å². The molecule has 0 unspecified atom stereocenters. The van der Waals surface area contributed by atoms with Crippen LogP contribution in [0.2, 0.25) is 0 Å². The van der Waals surface area contributed by atoms with Gasteiger partial charge in [0.2, 0.25) is 0 Å². The monoisotopic (exact) mass is 291 g/mol. The van der Waals surface area contributed by atoms with E-state index < -0.39 is 0 Å². The molecule has 1 fully saturated rings. The average molecular weight is 292 g/mol. The highest BCUT2D eigenvalue weighted by molar-refractivity contribution is 9.10. The number of ketones is 1. The molecule has 2 aliphatic rings. The molecule has 0 aromatic heterocycles. The molecule has 1 aromatic carbocycles. The van der Waals surface area contributed by atoms with Crippen molar-refractivity contribution < 1.29 is 4.79 Å². The first-order valence-electron chi connectivity index (χ1n) is 5.99. The number of hydrogen-bond acceptors (Lipinski definition) is 2. The molecule has 0 atom stereocenters. The lowest BCUT2D eigenvalue weighted by Gasteiger charge is -2.34. The summed E-state index contributed by atoms with van der Waals surface area (Å²) in [5.74, 6) is 0.395. The second-order valence-corrected chi connectivity index (χ2v) is 5.90. The lowest BCUT2D eigenvalue weighted by atomic mass is 9.67. The summed E-state index contributed by atoms with van der Waals surface area (Å²) < 4.78 is 1.09. The van der Waals surface area contributed by atoms with Gasteiger partial charge in [0.25, 0.3) is 0 Å². The molecule has 3 heteroatoms. The second-order valence-electron chi connectivity index (χ2n) is 4.98. The van der Waals surface area contributed by atoms with E-state index in [4.69, 9.17) is 0 Å². The van der Waals surface area contributed by atoms with Gasteiger partial charge in [-0.15, -0.1) is 0 Å². The first-order valence-corrected chi connectivity index (χ1v) is 6.79. The van der Waals surface area contributed by atoms with Crippen molar-refractivity contribution in [2.75, 3.05) is 0 Å². The van der Waals surface area contributed by atoms with E-state index in [1.807, 2.05) is 6.07 Å². The number of carbonyl (C=O) groups is 1. The largest absolute Gasteiger partial charge is 0.300 e. The summed E-state index contributed by atoms with van der Waals surface area (Å²) in [5.41, 5.74) is 3.60. The minimum absolute atomic E-state index is 0.0347. The Kier molecular flexibility index (Phi) is 2.47. The van der Waals surface area contributed by atoms with Crippen molar-refractivity contribution in [3.63, 3.8) is 0 Å². The van der Waals surface area contributed by atoms with E-state index in [0.29, 0.717) is 18.6 Å². The van der Waals surface area contributed by atoms with Gasteiger partial charge in [-0.05, 0) is 43.5 Å². The predicted molar refractivity (Wildman–Crippen MR) is 72.1 cm³/mol. The number of fused-ring (bicyclic) bond motifs is 2. The number of halogens is 1. The van der Waals surface area contributed by atoms with Gasteiger partial charge in [-0.1, -0.05) is 15.9 Å². The third-order valence-electron chi connectivity index (χ3n) is 4.12. The number of nitrogens with zero attached hydrogens (tertiary/aromatic N) is 1. The van der Waals surface area contributed by atoms with Crippen molar-refractivity contribution in [1.82, 2.24) is 0 Å². The van der Waals surface area contributed by atoms with E-state index in [0.717, 1.165) is 23.0 Å². The molecule has 1 aliphatic carbocycles. The molecule has 2 nitrogen and oxygen atoms in total. The van der Waals surface area contributed by atoms with Crippen LogP contribution in [0.1, 0.15) is 38.2 Å². The molecule has 1 spiro atoms. The van der Waals surface area contributed by atoms with Crippen molar-refractivity contribution in [2.24, 2.45) is 4.99 Å². The Morgan fingerprint density at radius 3 is 2.71 bits per heavy atom. The summed E-state index contributed by atoms with van der Waals surface area (Å²) in [6.45, 7) is 2.10. The van der Waals surface area contributed by atoms with E-state index in [1.165, 1.54) is 11.3 Å². The highest BCUT2D eigenvalue weighted by Gasteiger charge is 2.43. The molecule has 1 saturated carbocycles. The highest BCUT2D eigenvalue weighted by atomic mass is 79.9. The Hall–Kier alpha value is -0.960. The van der Waals surface area contributed by atoms with E-state index in [2.05, 4.69) is 40.0 Å². The van der Waals surface area contributed by atoms with E-state index in [-0.39, 0.29) is 5.41 Å². The maximum Gasteiger partial charge on any atom is 0.133 e. The Balaban J connectivity index is 2.10. The first-order chi connectivity index (χ1) is 8.12. The van der Waals surface area contributed by atoms with Crippen LogP contribution in [0.3, 0.4) is 0 Å². The van der Waals surface area contributed by atoms with Crippen LogP contribution in [-0.4, -0.2) is 11.5 Å². The standard InChI is InChI=1S/C14H14BrNO/c1-9-14(6-4-11(17)5-7-14)12-8-10(15)2-3-13(12)16-9/h2-3,8H,4-7H2,1H3. The molecule has 1 aliphatic heterocycles. The number of carbonyl (C=O) groups excluding carboxylic acids is 1. The lowest BCUT2D eigenvalue weighted by Crippen LogP contribution is -2.36. The number of Topliss-reactive ketones (excluding diaryl/α,β-unsaturated/α-hetero) is 1. The topological polar surface area (TPSA) is 29.4 Å². The lowest BCUT2D eigenvalue weighted by molar-refractivity contribution is -0.120. The first kappa shape index (κ1) is 11.1. The van der Waals surface area contributed by atoms with Crippen LogP contribution in [0.5, 0.6) is 0 Å². The zero-order valence-electron chi connectivity index (χ0n) is 9.79. The normalized spacial score (nSPS) is 21.5. The summed E-state index contributed by atoms with van der Waals surface area (Å²) >= 11 is 3.53.